The van der Waals surface area contributed by atoms with Crippen molar-refractivity contribution in [2.24, 2.45) is 0 Å². The Bertz CT molecular complexity index is 588. The summed E-state index contributed by atoms with van der Waals surface area (Å²) in [6.45, 7) is 2.11. The molecular weight excluding hydrogens is 376 g/mol. The minimum Gasteiger partial charge on any atom is -0.464 e. The highest BCUT2D eigenvalue weighted by atomic mass is 19.1. The zero-order valence-electron chi connectivity index (χ0n) is 17.6. The van der Waals surface area contributed by atoms with Gasteiger partial charge in [0.05, 0.1) is 6.61 Å². The summed E-state index contributed by atoms with van der Waals surface area (Å²) in [5.74, 6) is -3.51. The molecule has 1 N–H and O–H groups in total. The van der Waals surface area contributed by atoms with E-state index in [2.05, 4.69) is 12.2 Å². The molecule has 0 bridgehead atoms. The minimum absolute atomic E-state index is 0.292. The molecule has 164 valence electrons. The van der Waals surface area contributed by atoms with Gasteiger partial charge in [0, 0.05) is 0 Å². The molecule has 0 aliphatic carbocycles. The lowest BCUT2D eigenvalue weighted by atomic mass is 10.1. The number of amides is 1. The van der Waals surface area contributed by atoms with E-state index in [1.165, 1.54) is 63.9 Å². The molecule has 4 nitrogen and oxygen atoms in total. The fourth-order valence-corrected chi connectivity index (χ4v) is 3.14. The third kappa shape index (κ3) is 11.6. The van der Waals surface area contributed by atoms with Crippen LogP contribution in [0.3, 0.4) is 0 Å². The van der Waals surface area contributed by atoms with Crippen molar-refractivity contribution in [1.29, 1.82) is 0 Å². The Hall–Kier alpha value is -1.98. The predicted octanol–water partition coefficient (Wildman–Crippen LogP) is 5.94. The summed E-state index contributed by atoms with van der Waals surface area (Å²) in [5.41, 5.74) is -0.693. The van der Waals surface area contributed by atoms with Gasteiger partial charge in [0.25, 0.3) is 5.91 Å². The number of hydrogen-bond donors (Lipinski definition) is 1. The Labute approximate surface area is 173 Å². The third-order valence-electron chi connectivity index (χ3n) is 4.84. The largest absolute Gasteiger partial charge is 0.464 e. The Morgan fingerprint density at radius 1 is 0.828 bits per heavy atom. The van der Waals surface area contributed by atoms with Crippen LogP contribution in [0.2, 0.25) is 0 Å². The van der Waals surface area contributed by atoms with E-state index in [9.17, 15) is 18.4 Å². The van der Waals surface area contributed by atoms with E-state index in [1.807, 2.05) is 0 Å². The number of unbranched alkanes of at least 4 members (excludes halogenated alkanes) is 11. The Balaban J connectivity index is 1.97. The van der Waals surface area contributed by atoms with Crippen LogP contribution in [-0.2, 0) is 9.53 Å². The molecule has 1 rings (SSSR count). The average Bonchev–Trinajstić information content (AvgIpc) is 2.69. The van der Waals surface area contributed by atoms with E-state index in [4.69, 9.17) is 4.74 Å². The Morgan fingerprint density at radius 3 is 1.83 bits per heavy atom. The van der Waals surface area contributed by atoms with Gasteiger partial charge in [-0.25, -0.2) is 8.78 Å². The van der Waals surface area contributed by atoms with Crippen molar-refractivity contribution in [3.05, 3.63) is 35.4 Å². The number of rotatable bonds is 16. The molecule has 1 aromatic carbocycles. The average molecular weight is 412 g/mol. The maximum atomic E-state index is 13.5. The summed E-state index contributed by atoms with van der Waals surface area (Å²) < 4.78 is 32.0. The van der Waals surface area contributed by atoms with Crippen LogP contribution in [0.15, 0.2) is 18.2 Å². The molecule has 0 saturated heterocycles. The third-order valence-corrected chi connectivity index (χ3v) is 4.84. The summed E-state index contributed by atoms with van der Waals surface area (Å²) >= 11 is 0. The number of benzene rings is 1. The first-order valence-electron chi connectivity index (χ1n) is 10.9. The monoisotopic (exact) mass is 411 g/mol. The number of carbonyl (C=O) groups is 2. The summed E-state index contributed by atoms with van der Waals surface area (Å²) in [6.07, 6.45) is 14.7. The fourth-order valence-electron chi connectivity index (χ4n) is 3.14. The second-order valence-electron chi connectivity index (χ2n) is 7.39. The van der Waals surface area contributed by atoms with Gasteiger partial charge in [0.2, 0.25) is 0 Å². The molecule has 0 aliphatic rings. The molecule has 0 radical (unpaired) electrons. The van der Waals surface area contributed by atoms with E-state index >= 15 is 0 Å². The Kier molecular flexibility index (Phi) is 13.7. The lowest BCUT2D eigenvalue weighted by Gasteiger charge is -2.08. The van der Waals surface area contributed by atoms with Gasteiger partial charge in [-0.1, -0.05) is 83.6 Å². The van der Waals surface area contributed by atoms with Crippen LogP contribution < -0.4 is 5.32 Å². The highest BCUT2D eigenvalue weighted by Gasteiger charge is 2.17. The summed E-state index contributed by atoms with van der Waals surface area (Å²) in [7, 11) is 0. The first kappa shape index (κ1) is 25.1. The minimum atomic E-state index is -0.970. The molecule has 0 fully saturated rings. The number of esters is 1. The van der Waals surface area contributed by atoms with E-state index in [-0.39, 0.29) is 0 Å². The summed E-state index contributed by atoms with van der Waals surface area (Å²) in [4.78, 5) is 23.4. The maximum Gasteiger partial charge on any atom is 0.325 e. The first-order chi connectivity index (χ1) is 14.1. The van der Waals surface area contributed by atoms with Crippen molar-refractivity contribution in [3.63, 3.8) is 0 Å². The number of halogens is 2. The van der Waals surface area contributed by atoms with Gasteiger partial charge in [0.15, 0.2) is 0 Å². The normalized spacial score (nSPS) is 10.7. The van der Waals surface area contributed by atoms with Crippen molar-refractivity contribution in [1.82, 2.24) is 5.32 Å². The molecule has 0 spiro atoms. The van der Waals surface area contributed by atoms with Crippen LogP contribution in [-0.4, -0.2) is 25.0 Å². The zero-order valence-corrected chi connectivity index (χ0v) is 17.6. The van der Waals surface area contributed by atoms with Gasteiger partial charge in [-0.2, -0.15) is 0 Å². The lowest BCUT2D eigenvalue weighted by molar-refractivity contribution is -0.142. The highest BCUT2D eigenvalue weighted by Crippen LogP contribution is 2.12. The topological polar surface area (TPSA) is 55.4 Å². The summed E-state index contributed by atoms with van der Waals surface area (Å²) in [6, 6.07) is 3.15. The lowest BCUT2D eigenvalue weighted by Crippen LogP contribution is -2.32. The second kappa shape index (κ2) is 15.9. The first-order valence-corrected chi connectivity index (χ1v) is 10.9. The fraction of sp³-hybridized carbons (Fsp3) is 0.652. The SMILES string of the molecule is CCCCCCCCCCCCCCOC(=O)CNC(=O)c1c(F)cccc1F. The van der Waals surface area contributed by atoms with Crippen LogP contribution in [0.5, 0.6) is 0 Å². The molecule has 29 heavy (non-hydrogen) atoms. The maximum absolute atomic E-state index is 13.5. The molecule has 0 aromatic heterocycles. The van der Waals surface area contributed by atoms with Crippen LogP contribution in [0.1, 0.15) is 94.3 Å². The smallest absolute Gasteiger partial charge is 0.325 e. The number of hydrogen-bond acceptors (Lipinski definition) is 3. The second-order valence-corrected chi connectivity index (χ2v) is 7.39. The van der Waals surface area contributed by atoms with Crippen molar-refractivity contribution in [2.75, 3.05) is 13.2 Å². The van der Waals surface area contributed by atoms with Gasteiger partial charge >= 0.3 is 5.97 Å². The van der Waals surface area contributed by atoms with Crippen LogP contribution in [0, 0.1) is 11.6 Å². The molecule has 0 heterocycles. The van der Waals surface area contributed by atoms with Crippen molar-refractivity contribution >= 4 is 11.9 Å². The van der Waals surface area contributed by atoms with Crippen LogP contribution >= 0.6 is 0 Å². The zero-order chi connectivity index (χ0) is 21.3. The summed E-state index contributed by atoms with van der Waals surface area (Å²) in [5, 5.41) is 2.18. The van der Waals surface area contributed by atoms with Crippen molar-refractivity contribution in [2.45, 2.75) is 84.0 Å². The van der Waals surface area contributed by atoms with Gasteiger partial charge in [0.1, 0.15) is 23.7 Å². The molecule has 1 aromatic rings. The number of nitrogens with one attached hydrogen (secondary N) is 1. The molecule has 6 heteroatoms. The molecule has 0 atom stereocenters. The number of ether oxygens (including phenoxy) is 1. The molecular formula is C23H35F2NO3. The quantitative estimate of drug-likeness (QED) is 0.271. The standard InChI is InChI=1S/C23H35F2NO3/c1-2-3-4-5-6-7-8-9-10-11-12-13-17-29-21(27)18-26-23(28)22-19(24)15-14-16-20(22)25/h14-16H,2-13,17-18H2,1H3,(H,26,28). The van der Waals surface area contributed by atoms with E-state index < -0.39 is 35.6 Å². The van der Waals surface area contributed by atoms with Crippen LogP contribution in [0.4, 0.5) is 8.78 Å². The van der Waals surface area contributed by atoms with Gasteiger partial charge in [-0.15, -0.1) is 0 Å². The molecule has 1 amide bonds. The molecule has 0 unspecified atom stereocenters. The number of carbonyl (C=O) groups excluding carboxylic acids is 2. The van der Waals surface area contributed by atoms with Gasteiger partial charge in [-0.05, 0) is 18.6 Å². The Morgan fingerprint density at radius 2 is 1.31 bits per heavy atom. The molecule has 0 saturated carbocycles. The predicted molar refractivity (Wildman–Crippen MR) is 111 cm³/mol. The molecule has 0 aliphatic heterocycles. The van der Waals surface area contributed by atoms with E-state index in [1.54, 1.807) is 0 Å². The van der Waals surface area contributed by atoms with Gasteiger partial charge in [-0.3, -0.25) is 9.59 Å². The van der Waals surface area contributed by atoms with Crippen molar-refractivity contribution in [3.8, 4) is 0 Å². The van der Waals surface area contributed by atoms with Gasteiger partial charge < -0.3 is 10.1 Å². The van der Waals surface area contributed by atoms with E-state index in [0.717, 1.165) is 31.4 Å². The highest BCUT2D eigenvalue weighted by molar-refractivity contribution is 5.96. The van der Waals surface area contributed by atoms with Crippen LogP contribution in [0.25, 0.3) is 0 Å². The van der Waals surface area contributed by atoms with E-state index in [0.29, 0.717) is 6.61 Å². The van der Waals surface area contributed by atoms with Crippen molar-refractivity contribution < 1.29 is 23.1 Å².